The number of rotatable bonds is 6. The highest BCUT2D eigenvalue weighted by atomic mass is 16.3. The van der Waals surface area contributed by atoms with E-state index in [1.165, 1.54) is 27.5 Å². The minimum atomic E-state index is 0.589. The van der Waals surface area contributed by atoms with Crippen LogP contribution in [0.5, 0.6) is 0 Å². The van der Waals surface area contributed by atoms with Gasteiger partial charge in [0.1, 0.15) is 11.2 Å². The topological polar surface area (TPSA) is 51.8 Å². The highest BCUT2D eigenvalue weighted by Crippen LogP contribution is 2.40. The lowest BCUT2D eigenvalue weighted by Crippen LogP contribution is -2.00. The van der Waals surface area contributed by atoms with Crippen LogP contribution in [-0.4, -0.2) is 15.0 Å². The van der Waals surface area contributed by atoms with E-state index in [0.29, 0.717) is 17.5 Å². The molecule has 0 bridgehead atoms. The molecule has 0 aliphatic rings. The fourth-order valence-corrected chi connectivity index (χ4v) is 7.30. The smallest absolute Gasteiger partial charge is 0.164 e. The van der Waals surface area contributed by atoms with Gasteiger partial charge in [-0.15, -0.1) is 0 Å². The van der Waals surface area contributed by atoms with Crippen molar-refractivity contribution in [2.45, 2.75) is 0 Å². The standard InChI is InChI=1S/C49H31N3O/c1-3-12-32(13-4-1)33-22-24-34(25-23-33)39-30-43(46-42-19-9-10-21-44(42)53-45(46)31-39)49-51-47(37-15-5-2-6-16-37)50-48(52-49)38-28-26-36(27-29-38)41-20-11-17-35-14-7-8-18-40(35)41/h1-31H. The Hall–Kier alpha value is -7.17. The Morgan fingerprint density at radius 2 is 0.811 bits per heavy atom. The van der Waals surface area contributed by atoms with Crippen molar-refractivity contribution < 1.29 is 4.42 Å². The third kappa shape index (κ3) is 5.63. The Labute approximate surface area is 306 Å². The lowest BCUT2D eigenvalue weighted by molar-refractivity contribution is 0.669. The van der Waals surface area contributed by atoms with Gasteiger partial charge in [0.25, 0.3) is 0 Å². The first-order chi connectivity index (χ1) is 26.2. The molecule has 4 heteroatoms. The molecular weight excluding hydrogens is 647 g/mol. The normalized spacial score (nSPS) is 11.4. The van der Waals surface area contributed by atoms with Crippen LogP contribution < -0.4 is 0 Å². The summed E-state index contributed by atoms with van der Waals surface area (Å²) in [6.07, 6.45) is 0. The maximum Gasteiger partial charge on any atom is 0.164 e. The summed E-state index contributed by atoms with van der Waals surface area (Å²) in [4.78, 5) is 15.4. The molecule has 0 radical (unpaired) electrons. The molecule has 8 aromatic carbocycles. The second-order valence-corrected chi connectivity index (χ2v) is 13.2. The largest absolute Gasteiger partial charge is 0.456 e. The summed E-state index contributed by atoms with van der Waals surface area (Å²) in [5.41, 5.74) is 11.1. The molecule has 0 saturated heterocycles. The predicted octanol–water partition coefficient (Wildman–Crippen LogP) is 12.9. The lowest BCUT2D eigenvalue weighted by Gasteiger charge is -2.12. The van der Waals surface area contributed by atoms with Crippen LogP contribution in [0.2, 0.25) is 0 Å². The summed E-state index contributed by atoms with van der Waals surface area (Å²) in [6.45, 7) is 0. The fourth-order valence-electron chi connectivity index (χ4n) is 7.30. The number of hydrogen-bond acceptors (Lipinski definition) is 4. The van der Waals surface area contributed by atoms with E-state index in [0.717, 1.165) is 55.3 Å². The molecule has 2 heterocycles. The summed E-state index contributed by atoms with van der Waals surface area (Å²) < 4.78 is 6.51. The number of benzene rings is 8. The van der Waals surface area contributed by atoms with Crippen molar-refractivity contribution in [1.82, 2.24) is 15.0 Å². The summed E-state index contributed by atoms with van der Waals surface area (Å²) in [5, 5.41) is 4.44. The molecule has 0 atom stereocenters. The minimum absolute atomic E-state index is 0.589. The number of para-hydroxylation sites is 1. The highest BCUT2D eigenvalue weighted by Gasteiger charge is 2.20. The molecule has 0 spiro atoms. The van der Waals surface area contributed by atoms with Gasteiger partial charge < -0.3 is 4.42 Å². The monoisotopic (exact) mass is 677 g/mol. The first kappa shape index (κ1) is 30.6. The van der Waals surface area contributed by atoms with E-state index in [-0.39, 0.29) is 0 Å². The van der Waals surface area contributed by atoms with Crippen LogP contribution in [0.15, 0.2) is 192 Å². The first-order valence-electron chi connectivity index (χ1n) is 17.8. The van der Waals surface area contributed by atoms with Crippen LogP contribution in [0.4, 0.5) is 0 Å². The third-order valence-electron chi connectivity index (χ3n) is 9.96. The quantitative estimate of drug-likeness (QED) is 0.176. The van der Waals surface area contributed by atoms with Gasteiger partial charge in [0.05, 0.1) is 0 Å². The van der Waals surface area contributed by atoms with Crippen molar-refractivity contribution in [2.75, 3.05) is 0 Å². The molecule has 0 aliphatic heterocycles. The molecular formula is C49H31N3O. The number of aromatic nitrogens is 3. The Bertz CT molecular complexity index is 2910. The van der Waals surface area contributed by atoms with E-state index in [9.17, 15) is 0 Å². The maximum absolute atomic E-state index is 6.51. The number of furan rings is 1. The Morgan fingerprint density at radius 3 is 1.55 bits per heavy atom. The van der Waals surface area contributed by atoms with Crippen molar-refractivity contribution in [3.63, 3.8) is 0 Å². The van der Waals surface area contributed by atoms with Crippen molar-refractivity contribution >= 4 is 32.7 Å². The second-order valence-electron chi connectivity index (χ2n) is 13.2. The molecule has 0 saturated carbocycles. The summed E-state index contributed by atoms with van der Waals surface area (Å²) >= 11 is 0. The van der Waals surface area contributed by atoms with Crippen LogP contribution in [-0.2, 0) is 0 Å². The molecule has 10 aromatic rings. The van der Waals surface area contributed by atoms with Gasteiger partial charge in [-0.25, -0.2) is 15.0 Å². The van der Waals surface area contributed by atoms with Gasteiger partial charge in [0, 0.05) is 27.5 Å². The SMILES string of the molecule is c1ccc(-c2ccc(-c3cc(-c4nc(-c5ccccc5)nc(-c5ccc(-c6cccc7ccccc67)cc5)n4)c4c(c3)oc3ccccc34)cc2)cc1. The summed E-state index contributed by atoms with van der Waals surface area (Å²) in [7, 11) is 0. The molecule has 248 valence electrons. The molecule has 10 rings (SSSR count). The van der Waals surface area contributed by atoms with Crippen LogP contribution >= 0.6 is 0 Å². The molecule has 0 N–H and O–H groups in total. The Kier molecular flexibility index (Phi) is 7.43. The molecule has 0 unspecified atom stereocenters. The van der Waals surface area contributed by atoms with Crippen molar-refractivity contribution in [1.29, 1.82) is 0 Å². The molecule has 0 fully saturated rings. The van der Waals surface area contributed by atoms with E-state index in [1.54, 1.807) is 0 Å². The first-order valence-corrected chi connectivity index (χ1v) is 17.8. The highest BCUT2D eigenvalue weighted by molar-refractivity contribution is 6.13. The van der Waals surface area contributed by atoms with Crippen LogP contribution in [0, 0.1) is 0 Å². The Balaban J connectivity index is 1.15. The number of fused-ring (bicyclic) bond motifs is 4. The Morgan fingerprint density at radius 1 is 0.302 bits per heavy atom. The molecule has 53 heavy (non-hydrogen) atoms. The zero-order valence-electron chi connectivity index (χ0n) is 28.6. The van der Waals surface area contributed by atoms with Gasteiger partial charge in [-0.2, -0.15) is 0 Å². The van der Waals surface area contributed by atoms with Gasteiger partial charge in [-0.05, 0) is 62.4 Å². The van der Waals surface area contributed by atoms with Crippen molar-refractivity contribution in [3.05, 3.63) is 188 Å². The molecule has 4 nitrogen and oxygen atoms in total. The average molecular weight is 678 g/mol. The number of hydrogen-bond donors (Lipinski definition) is 0. The van der Waals surface area contributed by atoms with E-state index < -0.39 is 0 Å². The van der Waals surface area contributed by atoms with E-state index in [4.69, 9.17) is 19.4 Å². The van der Waals surface area contributed by atoms with Gasteiger partial charge in [-0.1, -0.05) is 170 Å². The predicted molar refractivity (Wildman–Crippen MR) is 217 cm³/mol. The zero-order valence-corrected chi connectivity index (χ0v) is 28.6. The fraction of sp³-hybridized carbons (Fsp3) is 0. The molecule has 2 aromatic heterocycles. The van der Waals surface area contributed by atoms with Crippen molar-refractivity contribution in [3.8, 4) is 67.5 Å². The van der Waals surface area contributed by atoms with Crippen LogP contribution in [0.3, 0.4) is 0 Å². The minimum Gasteiger partial charge on any atom is -0.456 e. The lowest BCUT2D eigenvalue weighted by atomic mass is 9.96. The summed E-state index contributed by atoms with van der Waals surface area (Å²) in [5.74, 6) is 1.81. The zero-order chi connectivity index (χ0) is 35.1. The van der Waals surface area contributed by atoms with Gasteiger partial charge in [0.2, 0.25) is 0 Å². The van der Waals surface area contributed by atoms with E-state index in [1.807, 2.05) is 54.6 Å². The van der Waals surface area contributed by atoms with Gasteiger partial charge in [0.15, 0.2) is 17.5 Å². The molecule has 0 aliphatic carbocycles. The third-order valence-corrected chi connectivity index (χ3v) is 9.96. The van der Waals surface area contributed by atoms with E-state index in [2.05, 4.69) is 133 Å². The summed E-state index contributed by atoms with van der Waals surface area (Å²) in [6, 6.07) is 65.2. The van der Waals surface area contributed by atoms with Gasteiger partial charge in [-0.3, -0.25) is 0 Å². The van der Waals surface area contributed by atoms with Gasteiger partial charge >= 0.3 is 0 Å². The number of nitrogens with zero attached hydrogens (tertiary/aromatic N) is 3. The average Bonchev–Trinajstić information content (AvgIpc) is 3.62. The van der Waals surface area contributed by atoms with Crippen molar-refractivity contribution in [2.24, 2.45) is 0 Å². The molecule has 0 amide bonds. The van der Waals surface area contributed by atoms with E-state index >= 15 is 0 Å². The van der Waals surface area contributed by atoms with Crippen LogP contribution in [0.25, 0.3) is 100 Å². The van der Waals surface area contributed by atoms with Crippen LogP contribution in [0.1, 0.15) is 0 Å². The maximum atomic E-state index is 6.51. The second kappa shape index (κ2) is 12.9.